The van der Waals surface area contributed by atoms with Gasteiger partial charge < -0.3 is 44.4 Å². The van der Waals surface area contributed by atoms with Crippen LogP contribution in [0.4, 0.5) is 5.69 Å². The molecule has 3 aromatic carbocycles. The van der Waals surface area contributed by atoms with Gasteiger partial charge in [0, 0.05) is 54.2 Å². The summed E-state index contributed by atoms with van der Waals surface area (Å²) < 4.78 is 24.5. The predicted octanol–water partition coefficient (Wildman–Crippen LogP) is 7.17. The van der Waals surface area contributed by atoms with E-state index in [1.54, 1.807) is 46.8 Å². The van der Waals surface area contributed by atoms with Crippen LogP contribution in [0.15, 0.2) is 51.4 Å². The van der Waals surface area contributed by atoms with Crippen molar-refractivity contribution in [3.05, 3.63) is 80.2 Å². The molecular weight excluding hydrogens is 757 g/mol. The third-order valence-corrected chi connectivity index (χ3v) is 12.6. The fraction of sp³-hybridized carbons (Fsp3) is 0.478. The Balaban J connectivity index is 1.64. The van der Waals surface area contributed by atoms with E-state index in [-0.39, 0.29) is 55.9 Å². The number of nitrogens with zero attached hydrogens (tertiary/aromatic N) is 1. The van der Waals surface area contributed by atoms with E-state index in [0.29, 0.717) is 11.1 Å². The van der Waals surface area contributed by atoms with E-state index in [2.05, 4.69) is 19.2 Å². The first-order valence-electron chi connectivity index (χ1n) is 20.1. The SMILES string of the molecule is CO[C@H]1/C=C/O[C@@]2(C)Oc3c(C)c(=O)c4c(O)c(c5oc6cc(C(C)C)c(C)c(C)c6nc5c4c3C2=O)NC(=O)/C(C)=C\C=C\[C@H](C)[C@H](O)[C@@H](C)[C@@H](O)[C@@H](C)[C@H](O)[C@@H]1C. The minimum absolute atomic E-state index is 0.0201. The number of fused-ring (bicyclic) bond motifs is 2. The zero-order valence-electron chi connectivity index (χ0n) is 35.8. The number of aliphatic hydroxyl groups excluding tert-OH is 3. The number of phenols is 1. The van der Waals surface area contributed by atoms with Crippen LogP contribution in [-0.4, -0.2) is 74.4 Å². The molecule has 13 nitrogen and oxygen atoms in total. The van der Waals surface area contributed by atoms with Gasteiger partial charge in [-0.2, -0.15) is 0 Å². The molecule has 0 aliphatic carbocycles. The van der Waals surface area contributed by atoms with E-state index in [0.717, 1.165) is 16.7 Å². The van der Waals surface area contributed by atoms with Gasteiger partial charge in [0.1, 0.15) is 22.5 Å². The minimum Gasteiger partial charge on any atom is -0.505 e. The van der Waals surface area contributed by atoms with Crippen LogP contribution in [0.5, 0.6) is 11.5 Å². The molecular formula is C46H56N2O11. The van der Waals surface area contributed by atoms with E-state index >= 15 is 0 Å². The van der Waals surface area contributed by atoms with Gasteiger partial charge in [0.25, 0.3) is 11.7 Å². The molecule has 0 unspecified atom stereocenters. The third-order valence-electron chi connectivity index (χ3n) is 12.6. The summed E-state index contributed by atoms with van der Waals surface area (Å²) in [6.07, 6.45) is 3.62. The van der Waals surface area contributed by atoms with Crippen molar-refractivity contribution in [3.8, 4) is 11.5 Å². The number of aliphatic hydroxyl groups is 3. The highest BCUT2D eigenvalue weighted by Gasteiger charge is 2.49. The number of allylic oxidation sites excluding steroid dienone is 2. The fourth-order valence-electron chi connectivity index (χ4n) is 8.43. The van der Waals surface area contributed by atoms with Gasteiger partial charge >= 0.3 is 5.79 Å². The second kappa shape index (κ2) is 16.2. The number of carbonyl (C=O) groups is 2. The van der Waals surface area contributed by atoms with E-state index in [9.17, 15) is 34.8 Å². The first kappa shape index (κ1) is 43.5. The summed E-state index contributed by atoms with van der Waals surface area (Å²) in [4.78, 5) is 47.9. The molecule has 13 heteroatoms. The van der Waals surface area contributed by atoms with Gasteiger partial charge in [-0.1, -0.05) is 59.8 Å². The number of aromatic hydroxyl groups is 1. The number of rotatable bonds is 2. The lowest BCUT2D eigenvalue weighted by molar-refractivity contribution is -0.112. The summed E-state index contributed by atoms with van der Waals surface area (Å²) in [5.41, 5.74) is 2.89. The van der Waals surface area contributed by atoms with Crippen molar-refractivity contribution in [3.63, 3.8) is 0 Å². The Morgan fingerprint density at radius 2 is 1.51 bits per heavy atom. The first-order chi connectivity index (χ1) is 27.7. The highest BCUT2D eigenvalue weighted by Crippen LogP contribution is 2.49. The van der Waals surface area contributed by atoms with Crippen molar-refractivity contribution >= 4 is 50.3 Å². The summed E-state index contributed by atoms with van der Waals surface area (Å²) in [5.74, 6) is -6.26. The second-order valence-corrected chi connectivity index (χ2v) is 16.9. The molecule has 6 rings (SSSR count). The molecule has 0 saturated carbocycles. The standard InChI is InChI=1S/C46H56N2O11/c1-19(2)28-18-30-34(23(6)22(28)5)47-35-31-32-40(52)27(10)42-33(31)44(54)46(11,59-42)57-17-16-29(56-12)24(7)38(50)26(9)39(51)25(8)37(49)20(3)14-13-15-21(4)45(55)48-36(41(32)53)43(35)58-30/h13-20,24-26,29,37-39,49-51,53H,1-12H3,(H,48,55)/b14-13+,17-16+,21-15-/t20-,24+,25+,26-,29-,37-,38+,39+,46-/m0/s1. The zero-order chi connectivity index (χ0) is 43.6. The van der Waals surface area contributed by atoms with Crippen LogP contribution in [0, 0.1) is 44.4 Å². The Labute approximate surface area is 343 Å². The number of benzene rings is 3. The molecule has 3 heterocycles. The number of nitrogens with one attached hydrogen (secondary N) is 1. The van der Waals surface area contributed by atoms with Crippen molar-refractivity contribution in [2.75, 3.05) is 12.4 Å². The highest BCUT2D eigenvalue weighted by molar-refractivity contribution is 6.26. The average molecular weight is 813 g/mol. The van der Waals surface area contributed by atoms with Gasteiger partial charge in [0.05, 0.1) is 41.6 Å². The lowest BCUT2D eigenvalue weighted by atomic mass is 9.78. The maximum absolute atomic E-state index is 14.6. The molecule has 4 aromatic rings. The van der Waals surface area contributed by atoms with Gasteiger partial charge in [-0.25, -0.2) is 4.98 Å². The van der Waals surface area contributed by atoms with Crippen molar-refractivity contribution in [1.82, 2.24) is 4.98 Å². The monoisotopic (exact) mass is 812 g/mol. The van der Waals surface area contributed by atoms with E-state index < -0.39 is 76.7 Å². The summed E-state index contributed by atoms with van der Waals surface area (Å²) >= 11 is 0. The number of anilines is 1. The normalized spacial score (nSPS) is 30.4. The third kappa shape index (κ3) is 7.32. The van der Waals surface area contributed by atoms with Crippen LogP contribution in [0.2, 0.25) is 0 Å². The fourth-order valence-corrected chi connectivity index (χ4v) is 8.43. The van der Waals surface area contributed by atoms with Gasteiger partial charge in [-0.15, -0.1) is 0 Å². The number of aromatic nitrogens is 1. The van der Waals surface area contributed by atoms with Crippen LogP contribution in [0.25, 0.3) is 33.0 Å². The summed E-state index contributed by atoms with van der Waals surface area (Å²) in [5, 5.41) is 48.5. The summed E-state index contributed by atoms with van der Waals surface area (Å²) in [7, 11) is 1.45. The topological polar surface area (TPSA) is 198 Å². The molecule has 0 fully saturated rings. The first-order valence-corrected chi connectivity index (χ1v) is 20.1. The molecule has 2 aliphatic heterocycles. The summed E-state index contributed by atoms with van der Waals surface area (Å²) in [6, 6.07) is 1.87. The average Bonchev–Trinajstić information content (AvgIpc) is 3.47. The van der Waals surface area contributed by atoms with Crippen LogP contribution in [0.1, 0.15) is 93.9 Å². The second-order valence-electron chi connectivity index (χ2n) is 16.9. The Hall–Kier alpha value is -5.08. The van der Waals surface area contributed by atoms with Crippen LogP contribution in [-0.2, 0) is 14.3 Å². The molecule has 5 N–H and O–H groups in total. The molecule has 0 spiro atoms. The van der Waals surface area contributed by atoms with E-state index in [1.807, 2.05) is 19.9 Å². The lowest BCUT2D eigenvalue weighted by Crippen LogP contribution is -2.44. The zero-order valence-corrected chi connectivity index (χ0v) is 35.8. The largest absolute Gasteiger partial charge is 0.505 e. The molecule has 2 aliphatic rings. The van der Waals surface area contributed by atoms with E-state index in [1.165, 1.54) is 39.4 Å². The lowest BCUT2D eigenvalue weighted by Gasteiger charge is -2.36. The van der Waals surface area contributed by atoms with Crippen molar-refractivity contribution in [1.29, 1.82) is 0 Å². The Morgan fingerprint density at radius 3 is 2.15 bits per heavy atom. The molecule has 0 saturated heterocycles. The van der Waals surface area contributed by atoms with Crippen molar-refractivity contribution < 1.29 is 48.6 Å². The van der Waals surface area contributed by atoms with Gasteiger partial charge in [0.15, 0.2) is 22.3 Å². The smallest absolute Gasteiger partial charge is 0.312 e. The Morgan fingerprint density at radius 1 is 0.864 bits per heavy atom. The van der Waals surface area contributed by atoms with Crippen molar-refractivity contribution in [2.24, 2.45) is 23.7 Å². The number of ether oxygens (including phenoxy) is 3. The minimum atomic E-state index is -2.00. The van der Waals surface area contributed by atoms with Gasteiger partial charge in [-0.05, 0) is 62.4 Å². The van der Waals surface area contributed by atoms with Crippen LogP contribution < -0.4 is 15.5 Å². The number of carbonyl (C=O) groups excluding carboxylic acids is 2. The highest BCUT2D eigenvalue weighted by atomic mass is 16.7. The Kier molecular flexibility index (Phi) is 11.9. The Bertz CT molecular complexity index is 2520. The number of ketones is 1. The number of aryl methyl sites for hydroxylation is 1. The molecule has 1 amide bonds. The molecule has 0 radical (unpaired) electrons. The number of phenolic OH excluding ortho intramolecular Hbond substituents is 1. The predicted molar refractivity (Wildman–Crippen MR) is 226 cm³/mol. The number of methoxy groups -OCH3 is 1. The maximum Gasteiger partial charge on any atom is 0.312 e. The number of hydrogen-bond donors (Lipinski definition) is 5. The van der Waals surface area contributed by atoms with Gasteiger partial charge in [-0.3, -0.25) is 14.4 Å². The number of hydrogen-bond acceptors (Lipinski definition) is 12. The van der Waals surface area contributed by atoms with Gasteiger partial charge in [0.2, 0.25) is 0 Å². The van der Waals surface area contributed by atoms with Crippen LogP contribution in [0.3, 0.4) is 0 Å². The number of Topliss-reactive ketones (excluding diaryl/α,β-unsaturated/α-hetero) is 1. The molecule has 316 valence electrons. The molecule has 1 aromatic heterocycles. The van der Waals surface area contributed by atoms with Crippen molar-refractivity contribution in [2.45, 2.75) is 112 Å². The van der Waals surface area contributed by atoms with Crippen LogP contribution >= 0.6 is 0 Å². The quantitative estimate of drug-likeness (QED) is 0.0779. The molecule has 59 heavy (non-hydrogen) atoms. The number of amides is 1. The summed E-state index contributed by atoms with van der Waals surface area (Å²) in [6.45, 7) is 19.3. The maximum atomic E-state index is 14.6. The molecule has 4 bridgehead atoms. The molecule has 9 atom stereocenters. The van der Waals surface area contributed by atoms with E-state index in [4.69, 9.17) is 23.6 Å².